The summed E-state index contributed by atoms with van der Waals surface area (Å²) in [4.78, 5) is 21.8. The van der Waals surface area contributed by atoms with Crippen molar-refractivity contribution in [3.63, 3.8) is 0 Å². The Balaban J connectivity index is 2.57. The van der Waals surface area contributed by atoms with Crippen LogP contribution < -0.4 is 10.1 Å². The predicted molar refractivity (Wildman–Crippen MR) is 62.2 cm³/mol. The fourth-order valence-electron chi connectivity index (χ4n) is 1.32. The van der Waals surface area contributed by atoms with Crippen LogP contribution in [0.2, 0.25) is 0 Å². The molecule has 0 heterocycles. The number of aromatic carboxylic acids is 1. The third kappa shape index (κ3) is 4.40. The summed E-state index contributed by atoms with van der Waals surface area (Å²) in [5, 5.41) is 11.3. The zero-order chi connectivity index (χ0) is 13.5. The summed E-state index contributed by atoms with van der Waals surface area (Å²) in [6.45, 7) is 2.39. The first-order valence-corrected chi connectivity index (χ1v) is 5.46. The SMILES string of the molecule is CCNC(=O)CCOc1cc(F)cc(C(=O)O)c1. The number of rotatable bonds is 6. The lowest BCUT2D eigenvalue weighted by Gasteiger charge is -2.07. The number of amides is 1. The van der Waals surface area contributed by atoms with Gasteiger partial charge in [-0.05, 0) is 19.1 Å². The van der Waals surface area contributed by atoms with E-state index in [1.54, 1.807) is 6.92 Å². The van der Waals surface area contributed by atoms with Crippen molar-refractivity contribution in [3.8, 4) is 5.75 Å². The average molecular weight is 255 g/mol. The maximum Gasteiger partial charge on any atom is 0.335 e. The van der Waals surface area contributed by atoms with Crippen molar-refractivity contribution in [1.82, 2.24) is 5.32 Å². The second-order valence-electron chi connectivity index (χ2n) is 3.53. The van der Waals surface area contributed by atoms with E-state index < -0.39 is 11.8 Å². The lowest BCUT2D eigenvalue weighted by molar-refractivity contribution is -0.121. The summed E-state index contributed by atoms with van der Waals surface area (Å²) in [5.41, 5.74) is -0.192. The minimum absolute atomic E-state index is 0.0638. The third-order valence-electron chi connectivity index (χ3n) is 2.09. The Morgan fingerprint density at radius 2 is 2.11 bits per heavy atom. The maximum absolute atomic E-state index is 13.1. The summed E-state index contributed by atoms with van der Waals surface area (Å²) in [6, 6.07) is 3.19. The van der Waals surface area contributed by atoms with E-state index in [2.05, 4.69) is 5.32 Å². The van der Waals surface area contributed by atoms with Crippen LogP contribution in [-0.2, 0) is 4.79 Å². The number of hydrogen-bond acceptors (Lipinski definition) is 3. The van der Waals surface area contributed by atoms with Crippen molar-refractivity contribution in [2.75, 3.05) is 13.2 Å². The molecule has 98 valence electrons. The molecule has 1 aromatic rings. The Hall–Kier alpha value is -2.11. The first-order chi connectivity index (χ1) is 8.52. The molecular weight excluding hydrogens is 241 g/mol. The van der Waals surface area contributed by atoms with Gasteiger partial charge in [-0.25, -0.2) is 9.18 Å². The van der Waals surface area contributed by atoms with Crippen molar-refractivity contribution >= 4 is 11.9 Å². The number of nitrogens with one attached hydrogen (secondary N) is 1. The first-order valence-electron chi connectivity index (χ1n) is 5.46. The molecule has 18 heavy (non-hydrogen) atoms. The number of carbonyl (C=O) groups is 2. The van der Waals surface area contributed by atoms with Gasteiger partial charge < -0.3 is 15.2 Å². The molecule has 0 saturated carbocycles. The van der Waals surface area contributed by atoms with E-state index in [9.17, 15) is 14.0 Å². The van der Waals surface area contributed by atoms with E-state index in [4.69, 9.17) is 9.84 Å². The van der Waals surface area contributed by atoms with Crippen LogP contribution in [-0.4, -0.2) is 30.1 Å². The van der Waals surface area contributed by atoms with Gasteiger partial charge in [-0.2, -0.15) is 0 Å². The summed E-state index contributed by atoms with van der Waals surface area (Å²) in [7, 11) is 0. The molecule has 0 saturated heterocycles. The normalized spacial score (nSPS) is 9.89. The van der Waals surface area contributed by atoms with E-state index in [1.165, 1.54) is 6.07 Å². The first kappa shape index (κ1) is 14.0. The number of carboxylic acid groups (broad SMARTS) is 1. The van der Waals surface area contributed by atoms with E-state index in [-0.39, 0.29) is 30.2 Å². The number of carbonyl (C=O) groups excluding carboxylic acids is 1. The molecule has 1 amide bonds. The van der Waals surface area contributed by atoms with Gasteiger partial charge in [-0.1, -0.05) is 0 Å². The lowest BCUT2D eigenvalue weighted by Crippen LogP contribution is -2.24. The Labute approximate surface area is 104 Å². The van der Waals surface area contributed by atoms with E-state index in [1.807, 2.05) is 0 Å². The highest BCUT2D eigenvalue weighted by Gasteiger charge is 2.08. The summed E-state index contributed by atoms with van der Waals surface area (Å²) in [6.07, 6.45) is 0.132. The third-order valence-corrected chi connectivity index (χ3v) is 2.09. The predicted octanol–water partition coefficient (Wildman–Crippen LogP) is 1.43. The smallest absolute Gasteiger partial charge is 0.335 e. The quantitative estimate of drug-likeness (QED) is 0.806. The number of halogens is 1. The van der Waals surface area contributed by atoms with Crippen LogP contribution in [0, 0.1) is 5.82 Å². The summed E-state index contributed by atoms with van der Waals surface area (Å²) >= 11 is 0. The van der Waals surface area contributed by atoms with Crippen molar-refractivity contribution < 1.29 is 23.8 Å². The largest absolute Gasteiger partial charge is 0.493 e. The molecule has 5 nitrogen and oxygen atoms in total. The minimum atomic E-state index is -1.23. The van der Waals surface area contributed by atoms with Crippen molar-refractivity contribution in [1.29, 1.82) is 0 Å². The minimum Gasteiger partial charge on any atom is -0.493 e. The molecule has 0 atom stereocenters. The molecule has 0 aliphatic rings. The zero-order valence-electron chi connectivity index (χ0n) is 9.90. The molecule has 2 N–H and O–H groups in total. The summed E-state index contributed by atoms with van der Waals surface area (Å²) < 4.78 is 18.2. The summed E-state index contributed by atoms with van der Waals surface area (Å²) in [5.74, 6) is -2.00. The van der Waals surface area contributed by atoms with Gasteiger partial charge >= 0.3 is 5.97 Å². The van der Waals surface area contributed by atoms with Crippen molar-refractivity contribution in [3.05, 3.63) is 29.6 Å². The van der Waals surface area contributed by atoms with Gasteiger partial charge in [0.05, 0.1) is 18.6 Å². The molecule has 6 heteroatoms. The van der Waals surface area contributed by atoms with E-state index >= 15 is 0 Å². The number of carboxylic acids is 1. The van der Waals surface area contributed by atoms with Crippen LogP contribution >= 0.6 is 0 Å². The molecule has 0 aliphatic heterocycles. The van der Waals surface area contributed by atoms with Gasteiger partial charge in [0.25, 0.3) is 0 Å². The Morgan fingerprint density at radius 3 is 2.72 bits per heavy atom. The van der Waals surface area contributed by atoms with Gasteiger partial charge in [0.15, 0.2) is 0 Å². The highest BCUT2D eigenvalue weighted by molar-refractivity contribution is 5.88. The molecule has 0 radical (unpaired) electrons. The molecule has 1 rings (SSSR count). The van der Waals surface area contributed by atoms with Gasteiger partial charge in [-0.3, -0.25) is 4.79 Å². The Bertz CT molecular complexity index is 448. The van der Waals surface area contributed by atoms with Crippen LogP contribution in [0.5, 0.6) is 5.75 Å². The maximum atomic E-state index is 13.1. The van der Waals surface area contributed by atoms with Crippen LogP contribution in [0.15, 0.2) is 18.2 Å². The molecular formula is C12H14FNO4. The molecule has 0 fully saturated rings. The molecule has 0 aliphatic carbocycles. The fraction of sp³-hybridized carbons (Fsp3) is 0.333. The number of ether oxygens (including phenoxy) is 1. The molecule has 1 aromatic carbocycles. The lowest BCUT2D eigenvalue weighted by atomic mass is 10.2. The topological polar surface area (TPSA) is 75.6 Å². The second-order valence-corrected chi connectivity index (χ2v) is 3.53. The van der Waals surface area contributed by atoms with Crippen LogP contribution in [0.25, 0.3) is 0 Å². The van der Waals surface area contributed by atoms with Crippen LogP contribution in [0.1, 0.15) is 23.7 Å². The van der Waals surface area contributed by atoms with Crippen LogP contribution in [0.4, 0.5) is 4.39 Å². The zero-order valence-corrected chi connectivity index (χ0v) is 9.90. The second kappa shape index (κ2) is 6.58. The van der Waals surface area contributed by atoms with Gasteiger partial charge in [0.2, 0.25) is 5.91 Å². The van der Waals surface area contributed by atoms with E-state index in [0.29, 0.717) is 6.54 Å². The molecule has 0 aromatic heterocycles. The standard InChI is InChI=1S/C12H14FNO4/c1-2-14-11(15)3-4-18-10-6-8(12(16)17)5-9(13)7-10/h5-7H,2-4H2,1H3,(H,14,15)(H,16,17). The molecule has 0 unspecified atom stereocenters. The highest BCUT2D eigenvalue weighted by atomic mass is 19.1. The Morgan fingerprint density at radius 1 is 1.39 bits per heavy atom. The average Bonchev–Trinajstić information content (AvgIpc) is 2.28. The van der Waals surface area contributed by atoms with Gasteiger partial charge in [0.1, 0.15) is 11.6 Å². The monoisotopic (exact) mass is 255 g/mol. The van der Waals surface area contributed by atoms with Crippen LogP contribution in [0.3, 0.4) is 0 Å². The highest BCUT2D eigenvalue weighted by Crippen LogP contribution is 2.16. The molecule has 0 spiro atoms. The molecule has 0 bridgehead atoms. The van der Waals surface area contributed by atoms with E-state index in [0.717, 1.165) is 12.1 Å². The van der Waals surface area contributed by atoms with Gasteiger partial charge in [0, 0.05) is 12.6 Å². The fourth-order valence-corrected chi connectivity index (χ4v) is 1.32. The van der Waals surface area contributed by atoms with Crippen molar-refractivity contribution in [2.45, 2.75) is 13.3 Å². The Kier molecular flexibility index (Phi) is 5.10. The van der Waals surface area contributed by atoms with Crippen molar-refractivity contribution in [2.24, 2.45) is 0 Å². The number of benzene rings is 1. The van der Waals surface area contributed by atoms with Gasteiger partial charge in [-0.15, -0.1) is 0 Å². The number of hydrogen-bond donors (Lipinski definition) is 2.